The molecule has 0 atom stereocenters. The average molecular weight is 377 g/mol. The molecule has 2 aromatic carbocycles. The van der Waals surface area contributed by atoms with Gasteiger partial charge in [0.2, 0.25) is 5.88 Å². The van der Waals surface area contributed by atoms with Gasteiger partial charge in [0.1, 0.15) is 11.5 Å². The zero-order valence-corrected chi connectivity index (χ0v) is 16.2. The molecule has 144 valence electrons. The Bertz CT molecular complexity index is 937. The van der Waals surface area contributed by atoms with Crippen molar-refractivity contribution in [1.29, 1.82) is 0 Å². The van der Waals surface area contributed by atoms with Crippen molar-refractivity contribution in [3.05, 3.63) is 72.7 Å². The first kappa shape index (κ1) is 19.4. The lowest BCUT2D eigenvalue weighted by Gasteiger charge is -2.22. The molecule has 1 N–H and O–H groups in total. The van der Waals surface area contributed by atoms with E-state index in [2.05, 4.69) is 36.1 Å². The maximum atomic E-state index is 12.3. The van der Waals surface area contributed by atoms with E-state index >= 15 is 0 Å². The third-order valence-corrected chi connectivity index (χ3v) is 3.93. The molecule has 3 rings (SSSR count). The summed E-state index contributed by atoms with van der Waals surface area (Å²) in [6, 6.07) is 14.8. The summed E-state index contributed by atoms with van der Waals surface area (Å²) >= 11 is 0. The zero-order valence-electron chi connectivity index (χ0n) is 16.2. The molecule has 0 aliphatic rings. The Labute approximate surface area is 164 Å². The SMILES string of the molecule is CC(C)(C)c1ccccc1OCC(=O)Nc1cccc(Oc2cnccn2)c1. The summed E-state index contributed by atoms with van der Waals surface area (Å²) in [6.07, 6.45) is 4.64. The monoisotopic (exact) mass is 377 g/mol. The number of carbonyl (C=O) groups is 1. The zero-order chi connectivity index (χ0) is 20.0. The molecule has 6 nitrogen and oxygen atoms in total. The molecular formula is C22H23N3O3. The van der Waals surface area contributed by atoms with Gasteiger partial charge >= 0.3 is 0 Å². The van der Waals surface area contributed by atoms with Crippen LogP contribution in [0.5, 0.6) is 17.4 Å². The van der Waals surface area contributed by atoms with Gasteiger partial charge in [-0.15, -0.1) is 0 Å². The van der Waals surface area contributed by atoms with Crippen LogP contribution in [-0.2, 0) is 10.2 Å². The molecule has 1 amide bonds. The van der Waals surface area contributed by atoms with Crippen molar-refractivity contribution in [2.45, 2.75) is 26.2 Å². The number of amides is 1. The van der Waals surface area contributed by atoms with Gasteiger partial charge in [-0.25, -0.2) is 4.98 Å². The fourth-order valence-corrected chi connectivity index (χ4v) is 2.65. The molecule has 0 aliphatic carbocycles. The van der Waals surface area contributed by atoms with Gasteiger partial charge in [-0.2, -0.15) is 0 Å². The van der Waals surface area contributed by atoms with Gasteiger partial charge in [0.25, 0.3) is 5.91 Å². The molecule has 0 fully saturated rings. The minimum atomic E-state index is -0.250. The molecule has 1 heterocycles. The fourth-order valence-electron chi connectivity index (χ4n) is 2.65. The predicted molar refractivity (Wildman–Crippen MR) is 108 cm³/mol. The maximum Gasteiger partial charge on any atom is 0.262 e. The molecule has 0 aliphatic heterocycles. The molecule has 0 saturated carbocycles. The molecular weight excluding hydrogens is 354 g/mol. The molecule has 0 spiro atoms. The van der Waals surface area contributed by atoms with E-state index in [1.807, 2.05) is 24.3 Å². The number of carbonyl (C=O) groups excluding carboxylic acids is 1. The lowest BCUT2D eigenvalue weighted by atomic mass is 9.86. The average Bonchev–Trinajstić information content (AvgIpc) is 2.67. The molecule has 3 aromatic rings. The normalized spacial score (nSPS) is 11.0. The predicted octanol–water partition coefficient (Wildman–Crippen LogP) is 4.58. The van der Waals surface area contributed by atoms with Crippen molar-refractivity contribution >= 4 is 11.6 Å². The van der Waals surface area contributed by atoms with Crippen LogP contribution in [0.15, 0.2) is 67.1 Å². The first-order chi connectivity index (χ1) is 13.4. The van der Waals surface area contributed by atoms with Gasteiger partial charge in [0.15, 0.2) is 6.61 Å². The van der Waals surface area contributed by atoms with Crippen LogP contribution < -0.4 is 14.8 Å². The van der Waals surface area contributed by atoms with Crippen molar-refractivity contribution in [3.63, 3.8) is 0 Å². The van der Waals surface area contributed by atoms with Gasteiger partial charge in [0.05, 0.1) is 6.20 Å². The highest BCUT2D eigenvalue weighted by Crippen LogP contribution is 2.31. The molecule has 1 aromatic heterocycles. The second kappa shape index (κ2) is 8.52. The largest absolute Gasteiger partial charge is 0.483 e. The van der Waals surface area contributed by atoms with Crippen LogP contribution in [0.2, 0.25) is 0 Å². The number of rotatable bonds is 6. The standard InChI is InChI=1S/C22H23N3O3/c1-22(2,3)18-9-4-5-10-19(18)27-15-20(26)25-16-7-6-8-17(13-16)28-21-14-23-11-12-24-21/h4-14H,15H2,1-3H3,(H,25,26). The fraction of sp³-hybridized carbons (Fsp3) is 0.227. The molecule has 6 heteroatoms. The van der Waals surface area contributed by atoms with Crippen LogP contribution in [0.4, 0.5) is 5.69 Å². The van der Waals surface area contributed by atoms with E-state index in [-0.39, 0.29) is 17.9 Å². The van der Waals surface area contributed by atoms with E-state index < -0.39 is 0 Å². The van der Waals surface area contributed by atoms with E-state index in [1.165, 1.54) is 6.20 Å². The van der Waals surface area contributed by atoms with Crippen LogP contribution in [0.1, 0.15) is 26.3 Å². The highest BCUT2D eigenvalue weighted by Gasteiger charge is 2.18. The summed E-state index contributed by atoms with van der Waals surface area (Å²) in [5.74, 6) is 1.40. The Morgan fingerprint density at radius 3 is 2.64 bits per heavy atom. The summed E-state index contributed by atoms with van der Waals surface area (Å²) in [7, 11) is 0. The van der Waals surface area contributed by atoms with Crippen molar-refractivity contribution in [2.75, 3.05) is 11.9 Å². The van der Waals surface area contributed by atoms with E-state index in [1.54, 1.807) is 36.7 Å². The third-order valence-electron chi connectivity index (χ3n) is 3.93. The molecule has 28 heavy (non-hydrogen) atoms. The van der Waals surface area contributed by atoms with Gasteiger partial charge in [0, 0.05) is 24.1 Å². The Morgan fingerprint density at radius 1 is 1.07 bits per heavy atom. The lowest BCUT2D eigenvalue weighted by Crippen LogP contribution is -2.21. The van der Waals surface area contributed by atoms with Crippen molar-refractivity contribution in [2.24, 2.45) is 0 Å². The summed E-state index contributed by atoms with van der Waals surface area (Å²) in [6.45, 7) is 6.25. The van der Waals surface area contributed by atoms with E-state index in [0.29, 0.717) is 23.1 Å². The number of anilines is 1. The smallest absolute Gasteiger partial charge is 0.262 e. The maximum absolute atomic E-state index is 12.3. The number of para-hydroxylation sites is 1. The molecule has 0 unspecified atom stereocenters. The molecule has 0 bridgehead atoms. The molecule has 0 saturated heterocycles. The number of hydrogen-bond acceptors (Lipinski definition) is 5. The first-order valence-corrected chi connectivity index (χ1v) is 8.98. The summed E-state index contributed by atoms with van der Waals surface area (Å²) in [5, 5.41) is 2.82. The van der Waals surface area contributed by atoms with Crippen molar-refractivity contribution in [3.8, 4) is 17.4 Å². The minimum Gasteiger partial charge on any atom is -0.483 e. The summed E-state index contributed by atoms with van der Waals surface area (Å²) in [5.41, 5.74) is 1.60. The van der Waals surface area contributed by atoms with Crippen LogP contribution in [0.25, 0.3) is 0 Å². The summed E-state index contributed by atoms with van der Waals surface area (Å²) < 4.78 is 11.4. The number of ether oxygens (including phenoxy) is 2. The van der Waals surface area contributed by atoms with E-state index in [0.717, 1.165) is 5.56 Å². The van der Waals surface area contributed by atoms with Gasteiger partial charge in [-0.05, 0) is 29.2 Å². The van der Waals surface area contributed by atoms with Crippen LogP contribution in [-0.4, -0.2) is 22.5 Å². The second-order valence-electron chi connectivity index (χ2n) is 7.26. The topological polar surface area (TPSA) is 73.3 Å². The number of nitrogens with zero attached hydrogens (tertiary/aromatic N) is 2. The summed E-state index contributed by atoms with van der Waals surface area (Å²) in [4.78, 5) is 20.3. The van der Waals surface area contributed by atoms with E-state index in [4.69, 9.17) is 9.47 Å². The highest BCUT2D eigenvalue weighted by molar-refractivity contribution is 5.92. The van der Waals surface area contributed by atoms with Crippen molar-refractivity contribution < 1.29 is 14.3 Å². The highest BCUT2D eigenvalue weighted by atomic mass is 16.5. The quantitative estimate of drug-likeness (QED) is 0.680. The minimum absolute atomic E-state index is 0.0704. The Balaban J connectivity index is 1.61. The lowest BCUT2D eigenvalue weighted by molar-refractivity contribution is -0.118. The second-order valence-corrected chi connectivity index (χ2v) is 7.26. The first-order valence-electron chi connectivity index (χ1n) is 8.98. The number of hydrogen-bond donors (Lipinski definition) is 1. The van der Waals surface area contributed by atoms with Crippen LogP contribution in [0, 0.1) is 0 Å². The van der Waals surface area contributed by atoms with Gasteiger partial charge < -0.3 is 14.8 Å². The third kappa shape index (κ3) is 5.30. The molecule has 0 radical (unpaired) electrons. The van der Waals surface area contributed by atoms with Crippen molar-refractivity contribution in [1.82, 2.24) is 9.97 Å². The van der Waals surface area contributed by atoms with Crippen LogP contribution >= 0.6 is 0 Å². The van der Waals surface area contributed by atoms with Gasteiger partial charge in [-0.1, -0.05) is 45.0 Å². The number of aromatic nitrogens is 2. The number of nitrogens with one attached hydrogen (secondary N) is 1. The van der Waals surface area contributed by atoms with E-state index in [9.17, 15) is 4.79 Å². The Hall–Kier alpha value is -3.41. The Morgan fingerprint density at radius 2 is 1.89 bits per heavy atom. The van der Waals surface area contributed by atoms with Crippen LogP contribution in [0.3, 0.4) is 0 Å². The Kier molecular flexibility index (Phi) is 5.89. The number of benzene rings is 2. The van der Waals surface area contributed by atoms with Gasteiger partial charge in [-0.3, -0.25) is 9.78 Å².